The van der Waals surface area contributed by atoms with E-state index >= 15 is 0 Å². The second-order valence-electron chi connectivity index (χ2n) is 9.91. The van der Waals surface area contributed by atoms with Gasteiger partial charge in [-0.25, -0.2) is 14.7 Å². The van der Waals surface area contributed by atoms with Gasteiger partial charge >= 0.3 is 16.3 Å². The van der Waals surface area contributed by atoms with Gasteiger partial charge in [0.25, 0.3) is 0 Å². The van der Waals surface area contributed by atoms with Crippen LogP contribution >= 0.6 is 0 Å². The molecule has 7 heteroatoms. The summed E-state index contributed by atoms with van der Waals surface area (Å²) in [5, 5.41) is 5.01. The zero-order valence-corrected chi connectivity index (χ0v) is 21.7. The lowest BCUT2D eigenvalue weighted by Gasteiger charge is -2.37. The second-order valence-corrected chi connectivity index (χ2v) is 11.2. The normalized spacial score (nSPS) is 23.4. The highest BCUT2D eigenvalue weighted by molar-refractivity contribution is 7.87. The first-order valence-corrected chi connectivity index (χ1v) is 14.3. The fraction of sp³-hybridized carbons (Fsp3) is 0.414. The van der Waals surface area contributed by atoms with Crippen molar-refractivity contribution in [3.63, 3.8) is 0 Å². The van der Waals surface area contributed by atoms with Crippen molar-refractivity contribution in [1.82, 2.24) is 4.72 Å². The van der Waals surface area contributed by atoms with Crippen LogP contribution < -0.4 is 9.86 Å². The standard InChI is InChI=1S/C29H36N2O4S/c1-3-4-5-8-17-24-20-25-26(35-28(32)31-36(30,33)34)18-19-29(25,21(2)22-13-9-6-10-14-22)27(24)23-15-11-7-12-16-23/h6-7,9-16,25-26H,2-5,8,17-20H2,1H3,(H,31,32)(H2,30,33,34). The minimum Gasteiger partial charge on any atom is -0.445 e. The van der Waals surface area contributed by atoms with Gasteiger partial charge in [0.15, 0.2) is 0 Å². The van der Waals surface area contributed by atoms with Crippen molar-refractivity contribution in [2.24, 2.45) is 16.5 Å². The summed E-state index contributed by atoms with van der Waals surface area (Å²) in [6, 6.07) is 20.6. The van der Waals surface area contributed by atoms with Gasteiger partial charge in [0.05, 0.1) is 0 Å². The van der Waals surface area contributed by atoms with E-state index in [9.17, 15) is 13.2 Å². The number of allylic oxidation sites excluding steroid dienone is 3. The molecule has 2 aliphatic carbocycles. The van der Waals surface area contributed by atoms with E-state index in [1.165, 1.54) is 36.0 Å². The van der Waals surface area contributed by atoms with E-state index < -0.39 is 27.8 Å². The molecule has 0 bridgehead atoms. The predicted octanol–water partition coefficient (Wildman–Crippen LogP) is 6.22. The molecule has 1 fully saturated rings. The molecule has 2 aromatic rings. The molecule has 0 aromatic heterocycles. The molecule has 0 aliphatic heterocycles. The van der Waals surface area contributed by atoms with Gasteiger partial charge in [0.2, 0.25) is 0 Å². The van der Waals surface area contributed by atoms with Crippen molar-refractivity contribution >= 4 is 27.4 Å². The maximum atomic E-state index is 12.4. The summed E-state index contributed by atoms with van der Waals surface area (Å²) in [6.07, 6.45) is 6.36. The molecule has 6 nitrogen and oxygen atoms in total. The molecule has 192 valence electrons. The number of carbonyl (C=O) groups is 1. The average molecular weight is 509 g/mol. The molecule has 3 N–H and O–H groups in total. The van der Waals surface area contributed by atoms with Crippen molar-refractivity contribution in [1.29, 1.82) is 0 Å². The Balaban J connectivity index is 1.77. The summed E-state index contributed by atoms with van der Waals surface area (Å²) in [7, 11) is -4.20. The van der Waals surface area contributed by atoms with Gasteiger partial charge in [-0.15, -0.1) is 0 Å². The highest BCUT2D eigenvalue weighted by atomic mass is 32.2. The molecule has 1 amide bonds. The largest absolute Gasteiger partial charge is 0.445 e. The molecule has 2 aliphatic rings. The summed E-state index contributed by atoms with van der Waals surface area (Å²) in [6.45, 7) is 6.84. The van der Waals surface area contributed by atoms with E-state index in [0.717, 1.165) is 36.8 Å². The number of hydrogen-bond acceptors (Lipinski definition) is 4. The van der Waals surface area contributed by atoms with E-state index in [1.807, 2.05) is 24.3 Å². The van der Waals surface area contributed by atoms with Crippen molar-refractivity contribution in [3.8, 4) is 0 Å². The molecule has 3 atom stereocenters. The Bertz CT molecular complexity index is 1220. The number of amides is 1. The molecular weight excluding hydrogens is 472 g/mol. The number of nitrogens with one attached hydrogen (secondary N) is 1. The molecule has 0 heterocycles. The Kier molecular flexibility index (Phi) is 8.00. The highest BCUT2D eigenvalue weighted by Gasteiger charge is 2.58. The zero-order chi connectivity index (χ0) is 25.8. The van der Waals surface area contributed by atoms with Crippen molar-refractivity contribution in [3.05, 3.63) is 83.9 Å². The Morgan fingerprint density at radius 2 is 1.75 bits per heavy atom. The zero-order valence-electron chi connectivity index (χ0n) is 20.9. The highest BCUT2D eigenvalue weighted by Crippen LogP contribution is 2.66. The number of nitrogens with two attached hydrogens (primary N) is 1. The SMILES string of the molecule is C=C(c1ccccc1)C12CCC(OC(=O)NS(N)(=O)=O)C1CC(CCCCCC)=C2c1ccccc1. The maximum absolute atomic E-state index is 12.4. The molecule has 0 spiro atoms. The molecule has 1 saturated carbocycles. The Labute approximate surface area is 214 Å². The predicted molar refractivity (Wildman–Crippen MR) is 144 cm³/mol. The van der Waals surface area contributed by atoms with Crippen LogP contribution in [0.2, 0.25) is 0 Å². The van der Waals surface area contributed by atoms with E-state index in [0.29, 0.717) is 6.42 Å². The first-order chi connectivity index (χ1) is 17.3. The molecular formula is C29H36N2O4S. The number of hydrogen-bond donors (Lipinski definition) is 2. The lowest BCUT2D eigenvalue weighted by molar-refractivity contribution is 0.0733. The Morgan fingerprint density at radius 1 is 1.08 bits per heavy atom. The second kappa shape index (κ2) is 11.0. The van der Waals surface area contributed by atoms with Crippen LogP contribution in [-0.2, 0) is 14.9 Å². The molecule has 0 radical (unpaired) electrons. The van der Waals surface area contributed by atoms with Gasteiger partial charge in [-0.1, -0.05) is 99.0 Å². The van der Waals surface area contributed by atoms with E-state index in [2.05, 4.69) is 49.9 Å². The number of rotatable bonds is 10. The molecule has 3 unspecified atom stereocenters. The average Bonchev–Trinajstić information content (AvgIpc) is 3.36. The number of benzene rings is 2. The van der Waals surface area contributed by atoms with Gasteiger partial charge in [-0.3, -0.25) is 0 Å². The van der Waals surface area contributed by atoms with Gasteiger partial charge < -0.3 is 4.74 Å². The van der Waals surface area contributed by atoms with Crippen LogP contribution in [0.25, 0.3) is 11.1 Å². The summed E-state index contributed by atoms with van der Waals surface area (Å²) in [5.74, 6) is -0.0344. The van der Waals surface area contributed by atoms with Crippen molar-refractivity contribution in [2.45, 2.75) is 64.4 Å². The van der Waals surface area contributed by atoms with Crippen LogP contribution in [0.3, 0.4) is 0 Å². The summed E-state index contributed by atoms with van der Waals surface area (Å²) >= 11 is 0. The summed E-state index contributed by atoms with van der Waals surface area (Å²) < 4.78 is 30.3. The number of ether oxygens (including phenoxy) is 1. The summed E-state index contributed by atoms with van der Waals surface area (Å²) in [5.41, 5.74) is 5.55. The van der Waals surface area contributed by atoms with Crippen LogP contribution in [0.15, 0.2) is 72.8 Å². The minimum absolute atomic E-state index is 0.0344. The van der Waals surface area contributed by atoms with Crippen LogP contribution in [0, 0.1) is 11.3 Å². The van der Waals surface area contributed by atoms with Crippen molar-refractivity contribution < 1.29 is 17.9 Å². The first kappa shape index (κ1) is 26.2. The fourth-order valence-corrected chi connectivity index (χ4v) is 6.55. The Hall–Kier alpha value is -2.90. The van der Waals surface area contributed by atoms with Gasteiger partial charge in [0, 0.05) is 11.3 Å². The number of fused-ring (bicyclic) bond motifs is 1. The molecule has 2 aromatic carbocycles. The van der Waals surface area contributed by atoms with Gasteiger partial charge in [-0.05, 0) is 54.4 Å². The fourth-order valence-electron chi connectivity index (χ4n) is 6.27. The third kappa shape index (κ3) is 5.42. The van der Waals surface area contributed by atoms with Crippen molar-refractivity contribution in [2.75, 3.05) is 0 Å². The lowest BCUT2D eigenvalue weighted by Crippen LogP contribution is -2.39. The van der Waals surface area contributed by atoms with Gasteiger partial charge in [-0.2, -0.15) is 8.42 Å². The number of unbranched alkanes of at least 4 members (excludes halogenated alkanes) is 3. The molecule has 0 saturated heterocycles. The Morgan fingerprint density at radius 3 is 2.39 bits per heavy atom. The smallest absolute Gasteiger partial charge is 0.422 e. The van der Waals surface area contributed by atoms with E-state index in [1.54, 1.807) is 4.72 Å². The monoisotopic (exact) mass is 508 g/mol. The van der Waals surface area contributed by atoms with Gasteiger partial charge in [0.1, 0.15) is 6.10 Å². The van der Waals surface area contributed by atoms with Crippen LogP contribution in [-0.4, -0.2) is 20.6 Å². The number of carbonyl (C=O) groups excluding carboxylic acids is 1. The molecule has 36 heavy (non-hydrogen) atoms. The quantitative estimate of drug-likeness (QED) is 0.372. The van der Waals surface area contributed by atoms with Crippen LogP contribution in [0.4, 0.5) is 4.79 Å². The minimum atomic E-state index is -4.20. The summed E-state index contributed by atoms with van der Waals surface area (Å²) in [4.78, 5) is 12.4. The molecule has 4 rings (SSSR count). The lowest BCUT2D eigenvalue weighted by atomic mass is 9.66. The third-order valence-electron chi connectivity index (χ3n) is 7.71. The first-order valence-electron chi connectivity index (χ1n) is 12.8. The van der Waals surface area contributed by atoms with Crippen LogP contribution in [0.5, 0.6) is 0 Å². The third-order valence-corrected chi connectivity index (χ3v) is 8.16. The van der Waals surface area contributed by atoms with Crippen LogP contribution in [0.1, 0.15) is 69.4 Å². The maximum Gasteiger partial charge on any atom is 0.422 e. The van der Waals surface area contributed by atoms with E-state index in [-0.39, 0.29) is 5.92 Å². The van der Waals surface area contributed by atoms with E-state index in [4.69, 9.17) is 9.88 Å². The topological polar surface area (TPSA) is 98.5 Å².